The van der Waals surface area contributed by atoms with Gasteiger partial charge in [0.25, 0.3) is 0 Å². The lowest BCUT2D eigenvalue weighted by Crippen LogP contribution is -2.63. The van der Waals surface area contributed by atoms with Crippen LogP contribution in [0.25, 0.3) is 0 Å². The normalized spacial score (nSPS) is 15.2. The third kappa shape index (κ3) is 4.97. The molecule has 1 saturated heterocycles. The highest BCUT2D eigenvalue weighted by Gasteiger charge is 2.48. The van der Waals surface area contributed by atoms with E-state index in [9.17, 15) is 14.4 Å². The number of aliphatic imine (C=N–C) groups is 1. The van der Waals surface area contributed by atoms with Crippen LogP contribution < -0.4 is 16.0 Å². The van der Waals surface area contributed by atoms with Gasteiger partial charge in [0.2, 0.25) is 17.8 Å². The molecule has 28 heavy (non-hydrogen) atoms. The summed E-state index contributed by atoms with van der Waals surface area (Å²) in [6, 6.07) is 5.95. The number of carbonyl (C=O) groups excluding carboxylic acids is 3. The Bertz CT molecular complexity index is 776. The van der Waals surface area contributed by atoms with Gasteiger partial charge in [-0.25, -0.2) is 4.79 Å². The first-order valence-electron chi connectivity index (χ1n) is 9.54. The molecule has 0 atom stereocenters. The van der Waals surface area contributed by atoms with Crippen LogP contribution in [0.4, 0.5) is 10.5 Å². The van der Waals surface area contributed by atoms with Crippen molar-refractivity contribution in [2.75, 3.05) is 5.32 Å². The standard InChI is InChI=1S/C21H26N4O3/c1-4-7-13-21(14-8-5-2)17(26)23-19(24-18(21)27)25-20(28)22-16-11-9-15(6-3)10-12-16/h3,9-12H,4-5,7-8,13-14H2,1-2H3,(H3,22,23,24,25,26,27,28). The lowest BCUT2D eigenvalue weighted by atomic mass is 9.75. The molecule has 1 fully saturated rings. The molecular weight excluding hydrogens is 356 g/mol. The minimum atomic E-state index is -1.10. The van der Waals surface area contributed by atoms with Crippen LogP contribution in [0.5, 0.6) is 0 Å². The molecule has 1 aliphatic heterocycles. The van der Waals surface area contributed by atoms with Crippen LogP contribution in [0.3, 0.4) is 0 Å². The maximum Gasteiger partial charge on any atom is 0.348 e. The number of hydrogen-bond acceptors (Lipinski definition) is 3. The van der Waals surface area contributed by atoms with Gasteiger partial charge in [0.05, 0.1) is 0 Å². The minimum absolute atomic E-state index is 0.156. The van der Waals surface area contributed by atoms with E-state index in [4.69, 9.17) is 6.42 Å². The first-order valence-corrected chi connectivity index (χ1v) is 9.54. The van der Waals surface area contributed by atoms with E-state index in [1.165, 1.54) is 0 Å². The first kappa shape index (κ1) is 21.2. The van der Waals surface area contributed by atoms with Gasteiger partial charge in [-0.15, -0.1) is 6.42 Å². The summed E-state index contributed by atoms with van der Waals surface area (Å²) in [7, 11) is 0. The van der Waals surface area contributed by atoms with Gasteiger partial charge >= 0.3 is 6.03 Å². The Morgan fingerprint density at radius 1 is 1.07 bits per heavy atom. The molecule has 1 aliphatic rings. The molecule has 0 saturated carbocycles. The second kappa shape index (κ2) is 9.70. The molecule has 0 spiro atoms. The van der Waals surface area contributed by atoms with Crippen LogP contribution in [-0.4, -0.2) is 23.8 Å². The van der Waals surface area contributed by atoms with Crippen molar-refractivity contribution in [3.63, 3.8) is 0 Å². The molecule has 4 amide bonds. The molecule has 1 aromatic carbocycles. The summed E-state index contributed by atoms with van der Waals surface area (Å²) in [6.07, 6.45) is 9.55. The van der Waals surface area contributed by atoms with E-state index in [0.717, 1.165) is 25.7 Å². The molecule has 0 unspecified atom stereocenters. The number of benzene rings is 1. The van der Waals surface area contributed by atoms with E-state index in [0.29, 0.717) is 24.1 Å². The number of amides is 4. The van der Waals surface area contributed by atoms with E-state index >= 15 is 0 Å². The van der Waals surface area contributed by atoms with Crippen LogP contribution in [0, 0.1) is 17.8 Å². The lowest BCUT2D eigenvalue weighted by molar-refractivity contribution is -0.145. The second-order valence-electron chi connectivity index (χ2n) is 6.81. The predicted molar refractivity (Wildman–Crippen MR) is 109 cm³/mol. The van der Waals surface area contributed by atoms with Gasteiger partial charge in [0.15, 0.2) is 0 Å². The highest BCUT2D eigenvalue weighted by atomic mass is 16.2. The zero-order valence-corrected chi connectivity index (χ0v) is 16.3. The minimum Gasteiger partial charge on any atom is -0.306 e. The number of terminal acetylenes is 1. The Balaban J connectivity index is 2.10. The van der Waals surface area contributed by atoms with Gasteiger partial charge in [0.1, 0.15) is 5.41 Å². The predicted octanol–water partition coefficient (Wildman–Crippen LogP) is 3.17. The highest BCUT2D eigenvalue weighted by molar-refractivity contribution is 6.22. The quantitative estimate of drug-likeness (QED) is 0.499. The average Bonchev–Trinajstić information content (AvgIpc) is 2.68. The number of nitrogens with one attached hydrogen (secondary N) is 3. The van der Waals surface area contributed by atoms with Crippen molar-refractivity contribution in [3.05, 3.63) is 29.8 Å². The van der Waals surface area contributed by atoms with Gasteiger partial charge in [-0.1, -0.05) is 45.5 Å². The summed E-state index contributed by atoms with van der Waals surface area (Å²) in [4.78, 5) is 41.4. The van der Waals surface area contributed by atoms with E-state index < -0.39 is 23.3 Å². The molecule has 1 aromatic rings. The van der Waals surface area contributed by atoms with Crippen LogP contribution in [0.15, 0.2) is 29.3 Å². The number of urea groups is 1. The van der Waals surface area contributed by atoms with Crippen LogP contribution in [-0.2, 0) is 9.59 Å². The summed E-state index contributed by atoms with van der Waals surface area (Å²) in [6.45, 7) is 4.03. The van der Waals surface area contributed by atoms with Gasteiger partial charge in [-0.3, -0.25) is 20.2 Å². The van der Waals surface area contributed by atoms with Crippen molar-refractivity contribution in [1.29, 1.82) is 0 Å². The number of anilines is 1. The Labute approximate surface area is 165 Å². The zero-order chi connectivity index (χ0) is 20.6. The lowest BCUT2D eigenvalue weighted by Gasteiger charge is -2.35. The largest absolute Gasteiger partial charge is 0.348 e. The van der Waals surface area contributed by atoms with E-state index in [1.54, 1.807) is 24.3 Å². The van der Waals surface area contributed by atoms with Crippen LogP contribution in [0.1, 0.15) is 57.9 Å². The molecule has 0 bridgehead atoms. The van der Waals surface area contributed by atoms with Gasteiger partial charge in [0, 0.05) is 11.3 Å². The van der Waals surface area contributed by atoms with Crippen molar-refractivity contribution in [1.82, 2.24) is 10.6 Å². The molecular formula is C21H26N4O3. The number of unbranched alkanes of at least 4 members (excludes halogenated alkanes) is 2. The zero-order valence-electron chi connectivity index (χ0n) is 16.3. The molecule has 1 heterocycles. The molecule has 7 nitrogen and oxygen atoms in total. The number of hydrogen-bond donors (Lipinski definition) is 3. The molecule has 0 aromatic heterocycles. The number of carbonyl (C=O) groups is 3. The molecule has 7 heteroatoms. The van der Waals surface area contributed by atoms with Gasteiger partial charge in [-0.05, 0) is 37.1 Å². The molecule has 0 radical (unpaired) electrons. The van der Waals surface area contributed by atoms with Crippen molar-refractivity contribution in [2.24, 2.45) is 10.4 Å². The van der Waals surface area contributed by atoms with Crippen LogP contribution in [0.2, 0.25) is 0 Å². The molecule has 2 rings (SSSR count). The monoisotopic (exact) mass is 382 g/mol. The number of rotatable bonds is 7. The maximum absolute atomic E-state index is 12.8. The fourth-order valence-corrected chi connectivity index (χ4v) is 3.08. The van der Waals surface area contributed by atoms with Crippen molar-refractivity contribution in [3.8, 4) is 12.3 Å². The van der Waals surface area contributed by atoms with Crippen molar-refractivity contribution in [2.45, 2.75) is 52.4 Å². The fourth-order valence-electron chi connectivity index (χ4n) is 3.08. The molecule has 148 valence electrons. The topological polar surface area (TPSA) is 99.7 Å². The third-order valence-electron chi connectivity index (χ3n) is 4.76. The summed E-state index contributed by atoms with van der Waals surface area (Å²) in [5.41, 5.74) is 0.0840. The number of guanidine groups is 1. The summed E-state index contributed by atoms with van der Waals surface area (Å²) < 4.78 is 0. The Morgan fingerprint density at radius 2 is 1.61 bits per heavy atom. The maximum atomic E-state index is 12.8. The summed E-state index contributed by atoms with van der Waals surface area (Å²) in [5.74, 6) is 1.53. The average molecular weight is 382 g/mol. The van der Waals surface area contributed by atoms with Crippen LogP contribution >= 0.6 is 0 Å². The highest BCUT2D eigenvalue weighted by Crippen LogP contribution is 2.33. The number of nitrogens with zero attached hydrogens (tertiary/aromatic N) is 1. The third-order valence-corrected chi connectivity index (χ3v) is 4.76. The summed E-state index contributed by atoms with van der Waals surface area (Å²) in [5, 5.41) is 7.73. The Kier molecular flexibility index (Phi) is 7.33. The van der Waals surface area contributed by atoms with E-state index in [1.807, 2.05) is 13.8 Å². The Morgan fingerprint density at radius 3 is 2.07 bits per heavy atom. The SMILES string of the molecule is C#Cc1ccc(NC(=O)N=C2NC(=O)C(CCCC)(CCCC)C(=O)N2)cc1. The summed E-state index contributed by atoms with van der Waals surface area (Å²) >= 11 is 0. The van der Waals surface area contributed by atoms with E-state index in [2.05, 4.69) is 26.9 Å². The van der Waals surface area contributed by atoms with Crippen molar-refractivity contribution < 1.29 is 14.4 Å². The fraction of sp³-hybridized carbons (Fsp3) is 0.429. The molecule has 0 aliphatic carbocycles. The second-order valence-corrected chi connectivity index (χ2v) is 6.81. The van der Waals surface area contributed by atoms with Crippen molar-refractivity contribution >= 4 is 29.5 Å². The van der Waals surface area contributed by atoms with Gasteiger partial charge < -0.3 is 5.32 Å². The Hall–Kier alpha value is -3.14. The van der Waals surface area contributed by atoms with E-state index in [-0.39, 0.29) is 5.96 Å². The van der Waals surface area contributed by atoms with Gasteiger partial charge in [-0.2, -0.15) is 4.99 Å². The smallest absolute Gasteiger partial charge is 0.306 e. The molecule has 3 N–H and O–H groups in total. The first-order chi connectivity index (χ1) is 13.4.